The van der Waals surface area contributed by atoms with Gasteiger partial charge in [0.25, 0.3) is 0 Å². The molecule has 80 valence electrons. The van der Waals surface area contributed by atoms with Gasteiger partial charge < -0.3 is 9.84 Å². The van der Waals surface area contributed by atoms with E-state index in [0.29, 0.717) is 6.42 Å². The van der Waals surface area contributed by atoms with E-state index in [4.69, 9.17) is 5.11 Å². The molecule has 0 aromatic carbocycles. The molecule has 0 saturated heterocycles. The zero-order chi connectivity index (χ0) is 11.1. The quantitative estimate of drug-likeness (QED) is 0.402. The molecule has 4 nitrogen and oxygen atoms in total. The smallest absolute Gasteiger partial charge is 0.320 e. The van der Waals surface area contributed by atoms with Crippen LogP contribution in [0.4, 0.5) is 0 Å². The molecule has 0 aromatic rings. The average molecular weight is 200 g/mol. The minimum atomic E-state index is -1.13. The Balaban J connectivity index is 4.22. The molecule has 0 aliphatic carbocycles. The van der Waals surface area contributed by atoms with Gasteiger partial charge in [0.05, 0.1) is 6.61 Å². The van der Waals surface area contributed by atoms with Crippen LogP contribution in [0.25, 0.3) is 0 Å². The van der Waals surface area contributed by atoms with Crippen LogP contribution in [0.15, 0.2) is 12.2 Å². The lowest BCUT2D eigenvalue weighted by atomic mass is 10.0. The van der Waals surface area contributed by atoms with Crippen LogP contribution >= 0.6 is 0 Å². The molecule has 0 bridgehead atoms. The second kappa shape index (κ2) is 6.18. The highest BCUT2D eigenvalue weighted by Crippen LogP contribution is 2.12. The summed E-state index contributed by atoms with van der Waals surface area (Å²) in [6.45, 7) is 7.29. The average Bonchev–Trinajstić information content (AvgIpc) is 2.03. The fraction of sp³-hybridized carbons (Fsp3) is 0.600. The van der Waals surface area contributed by atoms with Crippen LogP contribution in [0, 0.1) is 5.92 Å². The Morgan fingerprint density at radius 2 is 2.07 bits per heavy atom. The number of carboxylic acid groups (broad SMARTS) is 1. The minimum Gasteiger partial charge on any atom is -0.481 e. The highest BCUT2D eigenvalue weighted by molar-refractivity contribution is 5.93. The first-order valence-corrected chi connectivity index (χ1v) is 4.52. The molecule has 0 aliphatic rings. The summed E-state index contributed by atoms with van der Waals surface area (Å²) >= 11 is 0. The van der Waals surface area contributed by atoms with Crippen molar-refractivity contribution >= 4 is 11.9 Å². The van der Waals surface area contributed by atoms with Crippen LogP contribution in [-0.4, -0.2) is 23.7 Å². The van der Waals surface area contributed by atoms with Crippen molar-refractivity contribution in [2.24, 2.45) is 5.92 Å². The van der Waals surface area contributed by atoms with Crippen molar-refractivity contribution < 1.29 is 19.4 Å². The molecule has 14 heavy (non-hydrogen) atoms. The van der Waals surface area contributed by atoms with Gasteiger partial charge in [-0.2, -0.15) is 0 Å². The van der Waals surface area contributed by atoms with Crippen LogP contribution in [0.1, 0.15) is 26.7 Å². The van der Waals surface area contributed by atoms with E-state index in [0.717, 1.165) is 5.57 Å². The Morgan fingerprint density at radius 3 is 2.43 bits per heavy atom. The summed E-state index contributed by atoms with van der Waals surface area (Å²) < 4.78 is 4.65. The van der Waals surface area contributed by atoms with E-state index in [2.05, 4.69) is 11.3 Å². The molecule has 0 aromatic heterocycles. The third kappa shape index (κ3) is 4.64. The second-order valence-electron chi connectivity index (χ2n) is 3.14. The topological polar surface area (TPSA) is 63.6 Å². The first-order chi connectivity index (χ1) is 6.49. The van der Waals surface area contributed by atoms with Gasteiger partial charge in [-0.15, -0.1) is 6.58 Å². The molecule has 1 N–H and O–H groups in total. The van der Waals surface area contributed by atoms with Crippen molar-refractivity contribution in [1.82, 2.24) is 0 Å². The standard InChI is InChI=1S/C10H16O4/c1-4-14-10(13)8(9(11)12)6-5-7(2)3/h8H,2,4-6H2,1,3H3,(H,11,12). The Kier molecular flexibility index (Phi) is 5.60. The van der Waals surface area contributed by atoms with Crippen molar-refractivity contribution in [3.05, 3.63) is 12.2 Å². The van der Waals surface area contributed by atoms with E-state index in [1.54, 1.807) is 13.8 Å². The highest BCUT2D eigenvalue weighted by atomic mass is 16.5. The SMILES string of the molecule is C=C(C)CCC(C(=O)O)C(=O)OCC. The number of aliphatic carboxylic acids is 1. The third-order valence-corrected chi connectivity index (χ3v) is 1.73. The lowest BCUT2D eigenvalue weighted by Crippen LogP contribution is -2.25. The summed E-state index contributed by atoms with van der Waals surface area (Å²) in [4.78, 5) is 21.9. The molecule has 1 atom stereocenters. The number of allylic oxidation sites excluding steroid dienone is 1. The van der Waals surface area contributed by atoms with Gasteiger partial charge in [0.2, 0.25) is 0 Å². The van der Waals surface area contributed by atoms with Gasteiger partial charge in [-0.1, -0.05) is 5.57 Å². The molecular formula is C10H16O4. The Labute approximate surface area is 83.6 Å². The number of hydrogen-bond acceptors (Lipinski definition) is 3. The zero-order valence-corrected chi connectivity index (χ0v) is 8.58. The number of carboxylic acids is 1. The Morgan fingerprint density at radius 1 is 1.50 bits per heavy atom. The molecule has 0 spiro atoms. The van der Waals surface area contributed by atoms with Crippen LogP contribution in [0.3, 0.4) is 0 Å². The molecule has 0 radical (unpaired) electrons. The van der Waals surface area contributed by atoms with Gasteiger partial charge in [0.15, 0.2) is 5.92 Å². The predicted octanol–water partition coefficient (Wildman–Crippen LogP) is 1.61. The highest BCUT2D eigenvalue weighted by Gasteiger charge is 2.26. The number of hydrogen-bond donors (Lipinski definition) is 1. The minimum absolute atomic E-state index is 0.204. The van der Waals surface area contributed by atoms with Crippen LogP contribution in [-0.2, 0) is 14.3 Å². The van der Waals surface area contributed by atoms with Gasteiger partial charge in [0, 0.05) is 0 Å². The van der Waals surface area contributed by atoms with E-state index >= 15 is 0 Å². The fourth-order valence-electron chi connectivity index (χ4n) is 0.976. The molecule has 0 fully saturated rings. The second-order valence-corrected chi connectivity index (χ2v) is 3.14. The first kappa shape index (κ1) is 12.7. The van der Waals surface area contributed by atoms with Crippen molar-refractivity contribution in [2.45, 2.75) is 26.7 Å². The summed E-state index contributed by atoms with van der Waals surface area (Å²) in [6.07, 6.45) is 0.777. The summed E-state index contributed by atoms with van der Waals surface area (Å²) in [5.74, 6) is -2.86. The van der Waals surface area contributed by atoms with Crippen LogP contribution < -0.4 is 0 Å². The molecule has 0 rings (SSSR count). The van der Waals surface area contributed by atoms with Gasteiger partial charge in [-0.25, -0.2) is 0 Å². The summed E-state index contributed by atoms with van der Waals surface area (Å²) in [5.41, 5.74) is 0.862. The number of esters is 1. The normalized spacial score (nSPS) is 11.9. The van der Waals surface area contributed by atoms with Crippen molar-refractivity contribution in [3.63, 3.8) is 0 Å². The first-order valence-electron chi connectivity index (χ1n) is 4.52. The summed E-state index contributed by atoms with van der Waals surface area (Å²) in [6, 6.07) is 0. The van der Waals surface area contributed by atoms with E-state index in [-0.39, 0.29) is 13.0 Å². The molecular weight excluding hydrogens is 184 g/mol. The zero-order valence-electron chi connectivity index (χ0n) is 8.58. The molecule has 4 heteroatoms. The maximum absolute atomic E-state index is 11.2. The number of carbonyl (C=O) groups excluding carboxylic acids is 1. The van der Waals surface area contributed by atoms with E-state index in [9.17, 15) is 9.59 Å². The summed E-state index contributed by atoms with van der Waals surface area (Å²) in [7, 11) is 0. The van der Waals surface area contributed by atoms with Crippen LogP contribution in [0.2, 0.25) is 0 Å². The summed E-state index contributed by atoms with van der Waals surface area (Å²) in [5, 5.41) is 8.75. The maximum Gasteiger partial charge on any atom is 0.320 e. The molecule has 0 aliphatic heterocycles. The Hall–Kier alpha value is -1.32. The van der Waals surface area contributed by atoms with Gasteiger partial charge in [-0.05, 0) is 26.7 Å². The van der Waals surface area contributed by atoms with Gasteiger partial charge in [-0.3, -0.25) is 9.59 Å². The van der Waals surface area contributed by atoms with Gasteiger partial charge in [0.1, 0.15) is 0 Å². The lowest BCUT2D eigenvalue weighted by Gasteiger charge is -2.10. The number of ether oxygens (including phenoxy) is 1. The van der Waals surface area contributed by atoms with Gasteiger partial charge >= 0.3 is 11.9 Å². The monoisotopic (exact) mass is 200 g/mol. The molecule has 1 unspecified atom stereocenters. The molecule has 0 amide bonds. The fourth-order valence-corrected chi connectivity index (χ4v) is 0.976. The van der Waals surface area contributed by atoms with Crippen molar-refractivity contribution in [1.29, 1.82) is 0 Å². The number of carbonyl (C=O) groups is 2. The van der Waals surface area contributed by atoms with E-state index in [1.165, 1.54) is 0 Å². The maximum atomic E-state index is 11.2. The molecule has 0 saturated carbocycles. The third-order valence-electron chi connectivity index (χ3n) is 1.73. The largest absolute Gasteiger partial charge is 0.481 e. The van der Waals surface area contributed by atoms with Crippen molar-refractivity contribution in [3.8, 4) is 0 Å². The molecule has 0 heterocycles. The Bertz CT molecular complexity index is 232. The number of rotatable bonds is 6. The van der Waals surface area contributed by atoms with Crippen LogP contribution in [0.5, 0.6) is 0 Å². The van der Waals surface area contributed by atoms with E-state index < -0.39 is 17.9 Å². The lowest BCUT2D eigenvalue weighted by molar-refractivity contribution is -0.158. The van der Waals surface area contributed by atoms with Crippen molar-refractivity contribution in [2.75, 3.05) is 6.61 Å². The van der Waals surface area contributed by atoms with E-state index in [1.807, 2.05) is 0 Å². The predicted molar refractivity (Wildman–Crippen MR) is 51.8 cm³/mol.